The van der Waals surface area contributed by atoms with E-state index in [1.165, 1.54) is 62.0 Å². The molecule has 2 heteroatoms. The average Bonchev–Trinajstić information content (AvgIpc) is 2.32. The van der Waals surface area contributed by atoms with Crippen molar-refractivity contribution in [3.63, 3.8) is 0 Å². The zero-order chi connectivity index (χ0) is 12.1. The van der Waals surface area contributed by atoms with Crippen LogP contribution in [0.4, 0.5) is 0 Å². The van der Waals surface area contributed by atoms with Crippen molar-refractivity contribution in [1.82, 2.24) is 0 Å². The molecule has 0 radical (unpaired) electrons. The third-order valence-electron chi connectivity index (χ3n) is 2.77. The van der Waals surface area contributed by atoms with Gasteiger partial charge in [-0.15, -0.1) is 23.5 Å². The summed E-state index contributed by atoms with van der Waals surface area (Å²) >= 11 is 3.74. The molecular formula is C14H28S2. The van der Waals surface area contributed by atoms with E-state index in [2.05, 4.69) is 25.5 Å². The summed E-state index contributed by atoms with van der Waals surface area (Å²) in [4.78, 5) is 0. The Morgan fingerprint density at radius 2 is 1.31 bits per heavy atom. The van der Waals surface area contributed by atoms with E-state index in [1.807, 2.05) is 23.5 Å². The lowest BCUT2D eigenvalue weighted by molar-refractivity contribution is 0.577. The van der Waals surface area contributed by atoms with E-state index in [0.717, 1.165) is 0 Å². The molecular weight excluding hydrogens is 232 g/mol. The van der Waals surface area contributed by atoms with Crippen molar-refractivity contribution in [3.8, 4) is 0 Å². The zero-order valence-electron chi connectivity index (χ0n) is 11.3. The highest BCUT2D eigenvalue weighted by atomic mass is 32.2. The van der Waals surface area contributed by atoms with E-state index >= 15 is 0 Å². The van der Waals surface area contributed by atoms with Gasteiger partial charge in [-0.2, -0.15) is 0 Å². The average molecular weight is 261 g/mol. The Labute approximate surface area is 111 Å². The Hall–Kier alpha value is 0.440. The first-order valence-electron chi connectivity index (χ1n) is 6.63. The molecule has 0 unspecified atom stereocenters. The highest BCUT2D eigenvalue weighted by Gasteiger charge is 1.93. The molecule has 0 aromatic rings. The molecule has 0 atom stereocenters. The molecule has 0 saturated heterocycles. The van der Waals surface area contributed by atoms with E-state index < -0.39 is 0 Å². The van der Waals surface area contributed by atoms with E-state index in [1.54, 1.807) is 0 Å². The van der Waals surface area contributed by atoms with Crippen molar-refractivity contribution >= 4 is 23.5 Å². The lowest BCUT2D eigenvalue weighted by Crippen LogP contribution is -1.80. The summed E-state index contributed by atoms with van der Waals surface area (Å²) in [6.07, 6.45) is 19.3. The van der Waals surface area contributed by atoms with Gasteiger partial charge in [0.05, 0.1) is 0 Å². The van der Waals surface area contributed by atoms with Crippen molar-refractivity contribution in [2.75, 3.05) is 12.5 Å². The second-order valence-electron chi connectivity index (χ2n) is 4.19. The maximum absolute atomic E-state index is 2.40. The van der Waals surface area contributed by atoms with Crippen LogP contribution in [0.5, 0.6) is 0 Å². The van der Waals surface area contributed by atoms with Crippen LogP contribution in [0.15, 0.2) is 10.3 Å². The van der Waals surface area contributed by atoms with Crippen LogP contribution >= 0.6 is 23.5 Å². The summed E-state index contributed by atoms with van der Waals surface area (Å²) in [6, 6.07) is 0. The Bertz CT molecular complexity index is 158. The molecule has 0 aliphatic rings. The second kappa shape index (κ2) is 13.5. The SMILES string of the molecule is CCCCCCCCCCC=C(SC)SC. The Morgan fingerprint density at radius 1 is 0.812 bits per heavy atom. The van der Waals surface area contributed by atoms with Crippen LogP contribution in [0.3, 0.4) is 0 Å². The monoisotopic (exact) mass is 260 g/mol. The van der Waals surface area contributed by atoms with Crippen molar-refractivity contribution in [3.05, 3.63) is 10.3 Å². The Morgan fingerprint density at radius 3 is 1.81 bits per heavy atom. The van der Waals surface area contributed by atoms with Crippen molar-refractivity contribution < 1.29 is 0 Å². The molecule has 0 nitrogen and oxygen atoms in total. The van der Waals surface area contributed by atoms with Gasteiger partial charge in [0.2, 0.25) is 0 Å². The number of hydrogen-bond acceptors (Lipinski definition) is 2. The molecule has 0 saturated carbocycles. The molecule has 0 rings (SSSR count). The van der Waals surface area contributed by atoms with Gasteiger partial charge >= 0.3 is 0 Å². The fraction of sp³-hybridized carbons (Fsp3) is 0.857. The number of thioether (sulfide) groups is 2. The fourth-order valence-corrected chi connectivity index (χ4v) is 2.98. The molecule has 0 heterocycles. The summed E-state index contributed by atoms with van der Waals surface area (Å²) in [7, 11) is 0. The quantitative estimate of drug-likeness (QED) is 0.413. The smallest absolute Gasteiger partial charge is 0.0355 e. The van der Waals surface area contributed by atoms with E-state index in [9.17, 15) is 0 Å². The first kappa shape index (κ1) is 16.4. The summed E-state index contributed by atoms with van der Waals surface area (Å²) in [6.45, 7) is 2.28. The molecule has 0 aromatic carbocycles. The van der Waals surface area contributed by atoms with Gasteiger partial charge < -0.3 is 0 Å². The highest BCUT2D eigenvalue weighted by molar-refractivity contribution is 8.21. The first-order chi connectivity index (χ1) is 7.85. The van der Waals surface area contributed by atoms with E-state index in [-0.39, 0.29) is 0 Å². The first-order valence-corrected chi connectivity index (χ1v) is 9.08. The van der Waals surface area contributed by atoms with Gasteiger partial charge in [0.25, 0.3) is 0 Å². The predicted molar refractivity (Wildman–Crippen MR) is 82.3 cm³/mol. The van der Waals surface area contributed by atoms with Crippen LogP contribution in [-0.2, 0) is 0 Å². The maximum atomic E-state index is 2.40. The molecule has 0 amide bonds. The Balaban J connectivity index is 3.17. The molecule has 16 heavy (non-hydrogen) atoms. The van der Waals surface area contributed by atoms with Crippen molar-refractivity contribution in [1.29, 1.82) is 0 Å². The predicted octanol–water partition coefficient (Wildman–Crippen LogP) is 6.08. The van der Waals surface area contributed by atoms with E-state index in [4.69, 9.17) is 0 Å². The van der Waals surface area contributed by atoms with Crippen LogP contribution < -0.4 is 0 Å². The number of unbranched alkanes of at least 4 members (excludes halogenated alkanes) is 8. The van der Waals surface area contributed by atoms with Crippen LogP contribution in [0.25, 0.3) is 0 Å². The number of rotatable bonds is 11. The zero-order valence-corrected chi connectivity index (χ0v) is 12.9. The Kier molecular flexibility index (Phi) is 13.9. The molecule has 0 aliphatic carbocycles. The normalized spacial score (nSPS) is 10.4. The van der Waals surface area contributed by atoms with Crippen molar-refractivity contribution in [2.24, 2.45) is 0 Å². The van der Waals surface area contributed by atoms with Crippen LogP contribution in [0, 0.1) is 0 Å². The largest absolute Gasteiger partial charge is 0.123 e. The van der Waals surface area contributed by atoms with E-state index in [0.29, 0.717) is 0 Å². The molecule has 96 valence electrons. The minimum Gasteiger partial charge on any atom is -0.123 e. The van der Waals surface area contributed by atoms with Gasteiger partial charge in [-0.25, -0.2) is 0 Å². The van der Waals surface area contributed by atoms with Crippen LogP contribution in [0.1, 0.15) is 64.7 Å². The lowest BCUT2D eigenvalue weighted by Gasteiger charge is -2.01. The van der Waals surface area contributed by atoms with Gasteiger partial charge in [0.15, 0.2) is 0 Å². The summed E-state index contributed by atoms with van der Waals surface area (Å²) in [5.41, 5.74) is 0. The topological polar surface area (TPSA) is 0 Å². The summed E-state index contributed by atoms with van der Waals surface area (Å²) < 4.78 is 1.47. The van der Waals surface area contributed by atoms with Crippen LogP contribution in [0.2, 0.25) is 0 Å². The van der Waals surface area contributed by atoms with Gasteiger partial charge in [-0.1, -0.05) is 57.9 Å². The summed E-state index contributed by atoms with van der Waals surface area (Å²) in [5, 5.41) is 0. The highest BCUT2D eigenvalue weighted by Crippen LogP contribution is 2.24. The van der Waals surface area contributed by atoms with Gasteiger partial charge in [-0.3, -0.25) is 0 Å². The van der Waals surface area contributed by atoms with Gasteiger partial charge in [0, 0.05) is 4.24 Å². The maximum Gasteiger partial charge on any atom is 0.0355 e. The molecule has 0 fully saturated rings. The van der Waals surface area contributed by atoms with Crippen LogP contribution in [-0.4, -0.2) is 12.5 Å². The number of allylic oxidation sites excluding steroid dienone is 1. The minimum atomic E-state index is 1.27. The van der Waals surface area contributed by atoms with Gasteiger partial charge in [-0.05, 0) is 25.4 Å². The minimum absolute atomic E-state index is 1.27. The molecule has 0 bridgehead atoms. The lowest BCUT2D eigenvalue weighted by atomic mass is 10.1. The fourth-order valence-electron chi connectivity index (χ4n) is 1.75. The molecule has 0 spiro atoms. The third kappa shape index (κ3) is 10.9. The molecule has 0 N–H and O–H groups in total. The molecule has 0 aromatic heterocycles. The number of hydrogen-bond donors (Lipinski definition) is 0. The molecule has 0 aliphatic heterocycles. The van der Waals surface area contributed by atoms with Crippen molar-refractivity contribution in [2.45, 2.75) is 64.7 Å². The summed E-state index contributed by atoms with van der Waals surface area (Å²) in [5.74, 6) is 0. The second-order valence-corrected chi connectivity index (χ2v) is 6.15. The third-order valence-corrected chi connectivity index (χ3v) is 4.91. The van der Waals surface area contributed by atoms with Gasteiger partial charge in [0.1, 0.15) is 0 Å². The standard InChI is InChI=1S/C14H28S2/c1-4-5-6-7-8-9-10-11-12-13-14(15-2)16-3/h13H,4-12H2,1-3H3.